The summed E-state index contributed by atoms with van der Waals surface area (Å²) in [6.07, 6.45) is 3.81. The molecule has 3 fully saturated rings. The number of carbonyl (C=O) groups is 3. The van der Waals surface area contributed by atoms with E-state index in [-0.39, 0.29) is 54.9 Å². The molecule has 12 rings (SSSR count). The number of alkyl halides is 3. The zero-order valence-electron chi connectivity index (χ0n) is 68.7. The van der Waals surface area contributed by atoms with E-state index < -0.39 is 18.0 Å². The van der Waals surface area contributed by atoms with Gasteiger partial charge in [0, 0.05) is 51.3 Å². The highest BCUT2D eigenvalue weighted by Gasteiger charge is 2.30. The molecule has 0 unspecified atom stereocenters. The maximum absolute atomic E-state index is 11.9. The molecule has 0 bridgehead atoms. The number of rotatable bonds is 8. The van der Waals surface area contributed by atoms with E-state index in [1.165, 1.54) is 113 Å². The Labute approximate surface area is 681 Å². The van der Waals surface area contributed by atoms with Gasteiger partial charge in [0.25, 0.3) is 6.47 Å². The third kappa shape index (κ3) is 66.9. The molecule has 3 aliphatic heterocycles. The van der Waals surface area contributed by atoms with Crippen molar-refractivity contribution >= 4 is 64.8 Å². The summed E-state index contributed by atoms with van der Waals surface area (Å²) in [4.78, 5) is 30.2. The number of furan rings is 1. The van der Waals surface area contributed by atoms with Crippen molar-refractivity contribution in [2.75, 3.05) is 72.5 Å². The summed E-state index contributed by atoms with van der Waals surface area (Å²) in [5, 5.41) is 24.1. The van der Waals surface area contributed by atoms with Crippen molar-refractivity contribution < 1.29 is 65.2 Å². The third-order valence-corrected chi connectivity index (χ3v) is 14.6. The van der Waals surface area contributed by atoms with Gasteiger partial charge in [-0.3, -0.25) is 14.4 Å². The minimum Gasteiger partial charge on any atom is -0.497 e. The topological polar surface area (TPSA) is 172 Å². The van der Waals surface area contributed by atoms with Crippen LogP contribution in [0.5, 0.6) is 11.5 Å². The number of aryl methyl sites for hydroxylation is 4. The van der Waals surface area contributed by atoms with Gasteiger partial charge in [-0.1, -0.05) is 260 Å². The second-order valence-corrected chi connectivity index (χ2v) is 26.3. The molecule has 5 N–H and O–H groups in total. The number of benzene rings is 8. The predicted molar refractivity (Wildman–Crippen MR) is 465 cm³/mol. The summed E-state index contributed by atoms with van der Waals surface area (Å²) in [7, 11) is 4.65. The number of halogens is 7. The lowest BCUT2D eigenvalue weighted by molar-refractivity contribution is -0.274. The van der Waals surface area contributed by atoms with Crippen LogP contribution in [0.15, 0.2) is 223 Å². The van der Waals surface area contributed by atoms with Gasteiger partial charge in [-0.15, -0.1) is 42.6 Å². The van der Waals surface area contributed by atoms with Gasteiger partial charge in [-0.2, -0.15) is 0 Å². The molecule has 111 heavy (non-hydrogen) atoms. The van der Waals surface area contributed by atoms with E-state index in [1.54, 1.807) is 24.3 Å². The van der Waals surface area contributed by atoms with E-state index >= 15 is 0 Å². The predicted octanol–water partition coefficient (Wildman–Crippen LogP) is 24.5. The van der Waals surface area contributed by atoms with Crippen LogP contribution in [0.1, 0.15) is 179 Å². The number of amides is 2. The molecule has 0 spiro atoms. The molecule has 9 aromatic rings. The van der Waals surface area contributed by atoms with Crippen molar-refractivity contribution in [3.63, 3.8) is 0 Å². The maximum Gasteiger partial charge on any atom is 0.573 e. The average molecular weight is 1640 g/mol. The third-order valence-electron chi connectivity index (χ3n) is 14.6. The Morgan fingerprint density at radius 3 is 1.32 bits per heavy atom. The quantitative estimate of drug-likeness (QED) is 0.0724. The highest BCUT2D eigenvalue weighted by Crippen LogP contribution is 2.25. The molecular weight excluding hydrogens is 1500 g/mol. The number of fused-ring (bicyclic) bond motifs is 1. The fourth-order valence-corrected chi connectivity index (χ4v) is 8.77. The maximum atomic E-state index is 11.9. The van der Waals surface area contributed by atoms with Gasteiger partial charge in [0.1, 0.15) is 17.1 Å². The Bertz CT molecular complexity index is 3390. The number of methoxy groups -OCH3 is 1. The molecular formula is C91H135BrClF5N4O9. The normalized spacial score (nSPS) is 11.4. The van der Waals surface area contributed by atoms with Crippen molar-refractivity contribution in [1.29, 1.82) is 0 Å². The first-order valence-corrected chi connectivity index (χ1v) is 36.9. The molecule has 8 aromatic carbocycles. The van der Waals surface area contributed by atoms with Crippen LogP contribution in [0.3, 0.4) is 0 Å². The van der Waals surface area contributed by atoms with Crippen LogP contribution in [-0.2, 0) is 19.1 Å². The zero-order chi connectivity index (χ0) is 81.9. The highest BCUT2D eigenvalue weighted by atomic mass is 79.9. The summed E-state index contributed by atoms with van der Waals surface area (Å²) < 4.78 is 77.3. The summed E-state index contributed by atoms with van der Waals surface area (Å²) in [5.41, 5.74) is 11.8. The monoisotopic (exact) mass is 1640 g/mol. The molecule has 0 atom stereocenters. The summed E-state index contributed by atoms with van der Waals surface area (Å²) in [5.74, 6) is 2.94. The standard InChI is InChI=1S/C11H17N.C11H16O.C9H12.C8H6O.C8H10.C7H5F3O.C6H4F2.C6H6.C5H9NO2.C5H12.C4H7NO.C4H9N.C4H10.CH2O2.CH4O.CH4.BrH.ClH/c2*1-8(2)11-6-5-10(12-4)7-9(11)3;1-8(2)9-6-4-3-5-7-9;1-2-4-8-7(3-1)5-6-9-8;1-7-4-3-5-8(2)6-7;8-7(9,10)11-6-4-2-1-3-5-6;7-5-3-1-2-4-6(5)8;1-2-4-6-5-3-1;7-5-6-1-3-8-4-2-6;1-4-5(2)3;6-4-2-1-3-5-4;1-2-4-5-3-1;1-4(2)3;2-1-3;1-2;;;/h5-8,12H,1-4H3;5-8H,1-4H3;3-8H,1-2H3;1-6H;3-6H,1-2H3;1-5H;1-4H;1-6H;5H,1-4H2;5H,4H2,1-3H3;1-3H2,(H,5,6);5H,1-4H2;4H,1-3H3;1H,(H,2,3);2H,1H3;1H4;2*1H. The van der Waals surface area contributed by atoms with Gasteiger partial charge in [0.05, 0.1) is 26.6 Å². The summed E-state index contributed by atoms with van der Waals surface area (Å²) in [6, 6.07) is 65.7. The number of para-hydroxylation sites is 2. The lowest BCUT2D eigenvalue weighted by Crippen LogP contribution is -2.34. The Hall–Kier alpha value is -8.59. The van der Waals surface area contributed by atoms with Crippen LogP contribution < -0.4 is 25.4 Å². The van der Waals surface area contributed by atoms with Gasteiger partial charge in [0.15, 0.2) is 11.6 Å². The van der Waals surface area contributed by atoms with E-state index in [0.29, 0.717) is 31.0 Å². The van der Waals surface area contributed by atoms with E-state index in [0.717, 1.165) is 86.7 Å². The molecule has 20 heteroatoms. The fourth-order valence-electron chi connectivity index (χ4n) is 8.77. The number of morpholine rings is 1. The van der Waals surface area contributed by atoms with Gasteiger partial charge >= 0.3 is 6.36 Å². The molecule has 622 valence electrons. The number of aliphatic hydroxyl groups excluding tert-OH is 1. The number of anilines is 1. The van der Waals surface area contributed by atoms with Crippen LogP contribution in [-0.4, -0.2) is 107 Å². The number of carbonyl (C=O) groups excluding carboxylic acids is 2. The second-order valence-electron chi connectivity index (χ2n) is 26.3. The van der Waals surface area contributed by atoms with E-state index in [4.69, 9.17) is 28.9 Å². The Balaban J connectivity index is -0.000000269. The lowest BCUT2D eigenvalue weighted by atomic mass is 9.98. The van der Waals surface area contributed by atoms with Gasteiger partial charge in [-0.25, -0.2) is 8.78 Å². The number of nitrogens with zero attached hydrogens (tertiary/aromatic N) is 1. The molecule has 0 saturated carbocycles. The Morgan fingerprint density at radius 2 is 1.01 bits per heavy atom. The number of nitrogens with one attached hydrogen (secondary N) is 3. The van der Waals surface area contributed by atoms with E-state index in [2.05, 4.69) is 210 Å². The summed E-state index contributed by atoms with van der Waals surface area (Å²) >= 11 is 0. The first-order valence-electron chi connectivity index (χ1n) is 36.9. The zero-order valence-corrected chi connectivity index (χ0v) is 71.2. The van der Waals surface area contributed by atoms with Gasteiger partial charge in [0.2, 0.25) is 12.3 Å². The number of carboxylic acid groups (broad SMARTS) is 1. The van der Waals surface area contributed by atoms with Crippen molar-refractivity contribution in [2.45, 2.75) is 174 Å². The number of hydrogen-bond acceptors (Lipinski definition) is 10. The van der Waals surface area contributed by atoms with Crippen LogP contribution in [0.25, 0.3) is 11.0 Å². The van der Waals surface area contributed by atoms with Crippen LogP contribution >= 0.6 is 29.4 Å². The van der Waals surface area contributed by atoms with Crippen molar-refractivity contribution in [3.8, 4) is 11.5 Å². The largest absolute Gasteiger partial charge is 0.573 e. The van der Waals surface area contributed by atoms with Crippen LogP contribution in [0.2, 0.25) is 0 Å². The van der Waals surface area contributed by atoms with Crippen molar-refractivity contribution in [2.24, 2.45) is 11.8 Å². The van der Waals surface area contributed by atoms with Gasteiger partial charge in [-0.05, 0) is 178 Å². The molecule has 13 nitrogen and oxygen atoms in total. The van der Waals surface area contributed by atoms with E-state index in [9.17, 15) is 31.5 Å². The Kier molecular flexibility index (Phi) is 75.7. The van der Waals surface area contributed by atoms with Crippen molar-refractivity contribution in [1.82, 2.24) is 15.5 Å². The van der Waals surface area contributed by atoms with Gasteiger partial charge < -0.3 is 49.7 Å². The second kappa shape index (κ2) is 74.2. The van der Waals surface area contributed by atoms with Crippen LogP contribution in [0, 0.1) is 51.2 Å². The Morgan fingerprint density at radius 1 is 0.577 bits per heavy atom. The molecule has 0 radical (unpaired) electrons. The SMILES string of the molecule is Br.C.C1CCNC1.CC(C)C.CC(C)c1ccccc1.CCC(C)C.CNc1ccc(C(C)C)c(C)c1.CO.COc1ccc(C(C)C)c(C)c1.Cc1cccc(C)c1.Cl.FC(F)(F)Oc1ccccc1.Fc1ccccc1F.O=C1CCCN1.O=CN1CCOCC1.O=CO.c1ccc2occc2c1.c1ccccc1. The smallest absolute Gasteiger partial charge is 0.497 e. The van der Waals surface area contributed by atoms with E-state index in [1.807, 2.05) is 85.9 Å². The minimum absolute atomic E-state index is 0. The first kappa shape index (κ1) is 113. The highest BCUT2D eigenvalue weighted by molar-refractivity contribution is 8.93. The van der Waals surface area contributed by atoms with Crippen LogP contribution in [0.4, 0.5) is 27.6 Å². The van der Waals surface area contributed by atoms with Crippen molar-refractivity contribution in [3.05, 3.63) is 269 Å². The molecule has 3 aliphatic rings. The minimum atomic E-state index is -4.60. The number of aliphatic hydroxyl groups is 1. The summed E-state index contributed by atoms with van der Waals surface area (Å²) in [6.45, 7) is 40.9. The number of ether oxygens (including phenoxy) is 3. The fraction of sp³-hybridized carbons (Fsp3) is 0.418. The lowest BCUT2D eigenvalue weighted by Gasteiger charge is -2.21. The molecule has 3 saturated heterocycles. The average Bonchev–Trinajstić information content (AvgIpc) is 1.44. The molecule has 1 aromatic heterocycles. The molecule has 4 heterocycles. The molecule has 0 aliphatic carbocycles. The molecule has 2 amide bonds. The first-order chi connectivity index (χ1) is 51.5. The number of hydrogen-bond donors (Lipinski definition) is 5.